The topological polar surface area (TPSA) is 30.0 Å². The van der Waals surface area contributed by atoms with E-state index in [1.54, 1.807) is 0 Å². The van der Waals surface area contributed by atoms with Gasteiger partial charge in [0.15, 0.2) is 17.4 Å². The van der Waals surface area contributed by atoms with E-state index < -0.39 is 11.6 Å². The molecular formula is C11H5BrClF2NOS. The first-order chi connectivity index (χ1) is 8.54. The minimum atomic E-state index is -0.979. The van der Waals surface area contributed by atoms with Crippen molar-refractivity contribution in [2.75, 3.05) is 5.88 Å². The fourth-order valence-electron chi connectivity index (χ4n) is 1.29. The van der Waals surface area contributed by atoms with Gasteiger partial charge in [0.05, 0.1) is 10.4 Å². The molecule has 1 aromatic heterocycles. The molecule has 0 atom stereocenters. The Morgan fingerprint density at radius 2 is 2.17 bits per heavy atom. The van der Waals surface area contributed by atoms with Gasteiger partial charge < -0.3 is 0 Å². The second-order valence-corrected chi connectivity index (χ2v) is 5.24. The molecule has 0 bridgehead atoms. The summed E-state index contributed by atoms with van der Waals surface area (Å²) in [5.74, 6) is -2.40. The molecule has 0 unspecified atom stereocenters. The number of thiazole rings is 1. The van der Waals surface area contributed by atoms with Crippen molar-refractivity contribution < 1.29 is 13.6 Å². The van der Waals surface area contributed by atoms with Gasteiger partial charge >= 0.3 is 0 Å². The van der Waals surface area contributed by atoms with Crippen LogP contribution in [-0.2, 0) is 0 Å². The number of ketones is 1. The second kappa shape index (κ2) is 5.42. The molecular weight excluding hydrogens is 348 g/mol. The number of aromatic nitrogens is 1. The minimum Gasteiger partial charge on any atom is -0.291 e. The van der Waals surface area contributed by atoms with Crippen LogP contribution in [0.4, 0.5) is 8.78 Å². The van der Waals surface area contributed by atoms with E-state index in [0.29, 0.717) is 10.6 Å². The third kappa shape index (κ3) is 2.46. The summed E-state index contributed by atoms with van der Waals surface area (Å²) in [4.78, 5) is 15.4. The van der Waals surface area contributed by atoms with Gasteiger partial charge in [-0.3, -0.25) is 4.79 Å². The van der Waals surface area contributed by atoms with E-state index in [-0.39, 0.29) is 21.8 Å². The summed E-state index contributed by atoms with van der Waals surface area (Å²) in [6, 6.07) is 2.41. The van der Waals surface area contributed by atoms with Crippen molar-refractivity contribution in [3.05, 3.63) is 39.3 Å². The molecule has 1 heterocycles. The van der Waals surface area contributed by atoms with Crippen LogP contribution in [0.5, 0.6) is 0 Å². The van der Waals surface area contributed by atoms with Crippen molar-refractivity contribution in [2.45, 2.75) is 0 Å². The Bertz CT molecular complexity index is 617. The Morgan fingerprint density at radius 1 is 1.44 bits per heavy atom. The van der Waals surface area contributed by atoms with Crippen LogP contribution in [0.2, 0.25) is 0 Å². The lowest BCUT2D eigenvalue weighted by atomic mass is 10.2. The molecule has 0 N–H and O–H groups in total. The first kappa shape index (κ1) is 13.6. The summed E-state index contributed by atoms with van der Waals surface area (Å²) >= 11 is 9.55. The van der Waals surface area contributed by atoms with Crippen LogP contribution in [0.25, 0.3) is 10.6 Å². The van der Waals surface area contributed by atoms with Crippen molar-refractivity contribution in [2.24, 2.45) is 0 Å². The average molecular weight is 353 g/mol. The molecule has 0 amide bonds. The highest BCUT2D eigenvalue weighted by Gasteiger charge is 2.16. The van der Waals surface area contributed by atoms with E-state index in [2.05, 4.69) is 20.9 Å². The van der Waals surface area contributed by atoms with Crippen LogP contribution in [0.1, 0.15) is 10.5 Å². The Hall–Kier alpha value is -0.850. The summed E-state index contributed by atoms with van der Waals surface area (Å²) in [5, 5.41) is 1.96. The van der Waals surface area contributed by atoms with Crippen LogP contribution < -0.4 is 0 Å². The van der Waals surface area contributed by atoms with E-state index in [1.165, 1.54) is 22.8 Å². The number of carbonyl (C=O) groups excluding carboxylic acids is 1. The van der Waals surface area contributed by atoms with Crippen molar-refractivity contribution in [1.82, 2.24) is 4.98 Å². The van der Waals surface area contributed by atoms with E-state index >= 15 is 0 Å². The summed E-state index contributed by atoms with van der Waals surface area (Å²) in [6.07, 6.45) is 0. The molecule has 94 valence electrons. The number of hydrogen-bond donors (Lipinski definition) is 0. The molecule has 1 aromatic carbocycles. The SMILES string of the molecule is O=C(CCl)c1csc(-c2ccc(F)c(F)c2Br)n1. The van der Waals surface area contributed by atoms with Gasteiger partial charge in [0.25, 0.3) is 0 Å². The molecule has 0 aliphatic rings. The Labute approximate surface area is 119 Å². The van der Waals surface area contributed by atoms with Gasteiger partial charge in [-0.2, -0.15) is 0 Å². The molecule has 0 spiro atoms. The van der Waals surface area contributed by atoms with Crippen LogP contribution in [0.15, 0.2) is 22.0 Å². The van der Waals surface area contributed by atoms with E-state index in [1.807, 2.05) is 0 Å². The van der Waals surface area contributed by atoms with Crippen molar-refractivity contribution >= 4 is 44.7 Å². The summed E-state index contributed by atoms with van der Waals surface area (Å²) in [6.45, 7) is 0. The Morgan fingerprint density at radius 3 is 2.83 bits per heavy atom. The highest BCUT2D eigenvalue weighted by atomic mass is 79.9. The molecule has 0 aliphatic carbocycles. The van der Waals surface area contributed by atoms with Gasteiger partial charge in [-0.25, -0.2) is 13.8 Å². The number of benzene rings is 1. The molecule has 0 radical (unpaired) electrons. The standard InChI is InChI=1S/C11H5BrClF2NOS/c12-9-5(1-2-6(14)10(9)15)11-16-7(4-18-11)8(17)3-13/h1-2,4H,3H2. The first-order valence-electron chi connectivity index (χ1n) is 4.73. The summed E-state index contributed by atoms with van der Waals surface area (Å²) in [5.41, 5.74) is 0.620. The molecule has 0 saturated carbocycles. The minimum absolute atomic E-state index is 0.0123. The highest BCUT2D eigenvalue weighted by molar-refractivity contribution is 9.10. The molecule has 18 heavy (non-hydrogen) atoms. The maximum Gasteiger partial charge on any atom is 0.196 e. The predicted octanol–water partition coefficient (Wildman–Crippen LogP) is 4.27. The van der Waals surface area contributed by atoms with Crippen LogP contribution in [0.3, 0.4) is 0 Å². The number of alkyl halides is 1. The lowest BCUT2D eigenvalue weighted by Gasteiger charge is -2.02. The lowest BCUT2D eigenvalue weighted by molar-refractivity contribution is 0.101. The van der Waals surface area contributed by atoms with Crippen LogP contribution in [0, 0.1) is 11.6 Å². The fraction of sp³-hybridized carbons (Fsp3) is 0.0909. The maximum atomic E-state index is 13.4. The summed E-state index contributed by atoms with van der Waals surface area (Å²) < 4.78 is 26.3. The van der Waals surface area contributed by atoms with Crippen molar-refractivity contribution in [3.63, 3.8) is 0 Å². The van der Waals surface area contributed by atoms with Crippen molar-refractivity contribution in [1.29, 1.82) is 0 Å². The fourth-order valence-corrected chi connectivity index (χ4v) is 2.92. The number of carbonyl (C=O) groups is 1. The molecule has 2 nitrogen and oxygen atoms in total. The van der Waals surface area contributed by atoms with E-state index in [9.17, 15) is 13.6 Å². The van der Waals surface area contributed by atoms with Gasteiger partial charge in [0, 0.05) is 10.9 Å². The first-order valence-corrected chi connectivity index (χ1v) is 6.94. The predicted molar refractivity (Wildman–Crippen MR) is 70.2 cm³/mol. The Kier molecular flexibility index (Phi) is 4.09. The average Bonchev–Trinajstić information content (AvgIpc) is 2.84. The highest BCUT2D eigenvalue weighted by Crippen LogP contribution is 2.33. The number of nitrogens with zero attached hydrogens (tertiary/aromatic N) is 1. The zero-order chi connectivity index (χ0) is 13.3. The number of Topliss-reactive ketones (excluding diaryl/α,β-unsaturated/α-hetero) is 1. The normalized spacial score (nSPS) is 10.7. The number of hydrogen-bond acceptors (Lipinski definition) is 3. The van der Waals surface area contributed by atoms with E-state index in [4.69, 9.17) is 11.6 Å². The molecule has 2 rings (SSSR count). The second-order valence-electron chi connectivity index (χ2n) is 3.32. The molecule has 7 heteroatoms. The maximum absolute atomic E-state index is 13.4. The molecule has 0 saturated heterocycles. The smallest absolute Gasteiger partial charge is 0.196 e. The van der Waals surface area contributed by atoms with Crippen LogP contribution in [-0.4, -0.2) is 16.6 Å². The summed E-state index contributed by atoms with van der Waals surface area (Å²) in [7, 11) is 0. The number of halogens is 4. The van der Waals surface area contributed by atoms with Gasteiger partial charge in [0.1, 0.15) is 10.7 Å². The zero-order valence-corrected chi connectivity index (χ0v) is 11.9. The third-order valence-corrected chi connectivity index (χ3v) is 4.07. The van der Waals surface area contributed by atoms with Crippen molar-refractivity contribution in [3.8, 4) is 10.6 Å². The molecule has 0 fully saturated rings. The van der Waals surface area contributed by atoms with Gasteiger partial charge in [0.2, 0.25) is 0 Å². The van der Waals surface area contributed by atoms with Gasteiger partial charge in [-0.15, -0.1) is 22.9 Å². The Balaban J connectivity index is 2.47. The third-order valence-electron chi connectivity index (χ3n) is 2.18. The zero-order valence-electron chi connectivity index (χ0n) is 8.71. The van der Waals surface area contributed by atoms with Crippen LogP contribution >= 0.6 is 38.9 Å². The monoisotopic (exact) mass is 351 g/mol. The quantitative estimate of drug-likeness (QED) is 0.469. The van der Waals surface area contributed by atoms with Gasteiger partial charge in [-0.05, 0) is 28.1 Å². The largest absolute Gasteiger partial charge is 0.291 e. The molecule has 2 aromatic rings. The van der Waals surface area contributed by atoms with Gasteiger partial charge in [-0.1, -0.05) is 0 Å². The number of rotatable bonds is 3. The lowest BCUT2D eigenvalue weighted by Crippen LogP contribution is -2.00. The van der Waals surface area contributed by atoms with E-state index in [0.717, 1.165) is 6.07 Å². The molecule has 0 aliphatic heterocycles.